The summed E-state index contributed by atoms with van der Waals surface area (Å²) in [5, 5.41) is 14.4. The SMILES string of the molecule is CCc1cccc(C=CS(=O)(=O)Nc2cccc(-c3nnn(Cc4cccc(Cl)c4)n3)c2)c1. The van der Waals surface area contributed by atoms with Gasteiger partial charge in [0, 0.05) is 16.3 Å². The van der Waals surface area contributed by atoms with Gasteiger partial charge in [-0.2, -0.15) is 4.80 Å². The summed E-state index contributed by atoms with van der Waals surface area (Å²) in [5.41, 5.74) is 3.97. The maximum atomic E-state index is 12.6. The van der Waals surface area contributed by atoms with E-state index < -0.39 is 10.0 Å². The second kappa shape index (κ2) is 9.97. The molecule has 0 aliphatic heterocycles. The van der Waals surface area contributed by atoms with Crippen molar-refractivity contribution in [2.45, 2.75) is 19.9 Å². The predicted octanol–water partition coefficient (Wildman–Crippen LogP) is 5.02. The van der Waals surface area contributed by atoms with E-state index in [1.165, 1.54) is 4.80 Å². The van der Waals surface area contributed by atoms with Gasteiger partial charge in [0.05, 0.1) is 12.0 Å². The number of hydrogen-bond donors (Lipinski definition) is 1. The molecule has 0 spiro atoms. The molecule has 4 rings (SSSR count). The van der Waals surface area contributed by atoms with E-state index >= 15 is 0 Å². The number of halogens is 1. The lowest BCUT2D eigenvalue weighted by molar-refractivity contribution is 0.573. The van der Waals surface area contributed by atoms with E-state index in [2.05, 4.69) is 27.1 Å². The fourth-order valence-corrected chi connectivity index (χ4v) is 4.30. The van der Waals surface area contributed by atoms with Gasteiger partial charge >= 0.3 is 0 Å². The van der Waals surface area contributed by atoms with E-state index in [4.69, 9.17) is 11.6 Å². The van der Waals surface area contributed by atoms with Crippen molar-refractivity contribution in [3.8, 4) is 11.4 Å². The molecule has 0 saturated carbocycles. The van der Waals surface area contributed by atoms with E-state index in [-0.39, 0.29) is 0 Å². The standard InChI is InChI=1S/C24H22ClN5O2S/c1-2-18-6-3-7-19(14-18)12-13-33(31,32)28-23-11-5-9-21(16-23)24-26-29-30(27-24)17-20-8-4-10-22(25)15-20/h3-16,28H,2,17H2,1H3. The molecule has 0 amide bonds. The highest BCUT2D eigenvalue weighted by molar-refractivity contribution is 7.95. The smallest absolute Gasteiger partial charge is 0.255 e. The number of anilines is 1. The Kier molecular flexibility index (Phi) is 6.86. The molecule has 7 nitrogen and oxygen atoms in total. The molecule has 0 unspecified atom stereocenters. The van der Waals surface area contributed by atoms with Crippen LogP contribution in [-0.2, 0) is 23.0 Å². The van der Waals surface area contributed by atoms with Gasteiger partial charge in [-0.25, -0.2) is 8.42 Å². The van der Waals surface area contributed by atoms with Crippen LogP contribution in [0, 0.1) is 0 Å². The van der Waals surface area contributed by atoms with Gasteiger partial charge in [-0.3, -0.25) is 4.72 Å². The molecule has 1 aromatic heterocycles. The van der Waals surface area contributed by atoms with Crippen LogP contribution in [0.3, 0.4) is 0 Å². The van der Waals surface area contributed by atoms with Crippen LogP contribution >= 0.6 is 11.6 Å². The van der Waals surface area contributed by atoms with Crippen molar-refractivity contribution in [1.82, 2.24) is 20.2 Å². The highest BCUT2D eigenvalue weighted by Crippen LogP contribution is 2.20. The van der Waals surface area contributed by atoms with Crippen LogP contribution in [0.15, 0.2) is 78.2 Å². The summed E-state index contributed by atoms with van der Waals surface area (Å²) in [4.78, 5) is 1.46. The molecule has 4 aromatic rings. The summed E-state index contributed by atoms with van der Waals surface area (Å²) >= 11 is 6.03. The van der Waals surface area contributed by atoms with E-state index in [1.807, 2.05) is 42.5 Å². The Labute approximate surface area is 197 Å². The van der Waals surface area contributed by atoms with E-state index in [0.29, 0.717) is 28.6 Å². The van der Waals surface area contributed by atoms with Gasteiger partial charge in [-0.05, 0) is 58.7 Å². The number of hydrogen-bond acceptors (Lipinski definition) is 5. The molecular formula is C24H22ClN5O2S. The zero-order chi connectivity index (χ0) is 23.3. The maximum absolute atomic E-state index is 12.6. The van der Waals surface area contributed by atoms with Crippen molar-refractivity contribution in [2.24, 2.45) is 0 Å². The van der Waals surface area contributed by atoms with Crippen LogP contribution in [0.25, 0.3) is 17.5 Å². The molecule has 0 saturated heterocycles. The highest BCUT2D eigenvalue weighted by Gasteiger charge is 2.10. The lowest BCUT2D eigenvalue weighted by Crippen LogP contribution is -2.08. The Morgan fingerprint density at radius 1 is 1.00 bits per heavy atom. The molecule has 0 atom stereocenters. The number of nitrogens with zero attached hydrogens (tertiary/aromatic N) is 4. The normalized spacial score (nSPS) is 11.7. The number of benzene rings is 3. The minimum atomic E-state index is -3.70. The van der Waals surface area contributed by atoms with Gasteiger partial charge in [-0.1, -0.05) is 67.1 Å². The van der Waals surface area contributed by atoms with Gasteiger partial charge in [0.15, 0.2) is 0 Å². The summed E-state index contributed by atoms with van der Waals surface area (Å²) in [6.07, 6.45) is 2.46. The summed E-state index contributed by atoms with van der Waals surface area (Å²) < 4.78 is 27.7. The molecule has 0 aliphatic rings. The first-order valence-corrected chi connectivity index (χ1v) is 12.3. The number of rotatable bonds is 8. The average Bonchev–Trinajstić information content (AvgIpc) is 3.26. The number of nitrogens with one attached hydrogen (secondary N) is 1. The zero-order valence-corrected chi connectivity index (χ0v) is 19.5. The van der Waals surface area contributed by atoms with Crippen molar-refractivity contribution in [3.63, 3.8) is 0 Å². The third-order valence-corrected chi connectivity index (χ3v) is 6.10. The van der Waals surface area contributed by atoms with Crippen molar-refractivity contribution in [3.05, 3.63) is 99.9 Å². The second-order valence-corrected chi connectivity index (χ2v) is 9.41. The second-order valence-electron chi connectivity index (χ2n) is 7.40. The van der Waals surface area contributed by atoms with E-state index in [1.54, 1.807) is 36.4 Å². The lowest BCUT2D eigenvalue weighted by Gasteiger charge is -2.06. The molecule has 9 heteroatoms. The third-order valence-electron chi connectivity index (χ3n) is 4.85. The quantitative estimate of drug-likeness (QED) is 0.383. The van der Waals surface area contributed by atoms with Crippen molar-refractivity contribution in [1.29, 1.82) is 0 Å². The average molecular weight is 480 g/mol. The number of sulfonamides is 1. The fourth-order valence-electron chi connectivity index (χ4n) is 3.23. The predicted molar refractivity (Wildman–Crippen MR) is 131 cm³/mol. The topological polar surface area (TPSA) is 89.8 Å². The third kappa shape index (κ3) is 6.27. The monoisotopic (exact) mass is 479 g/mol. The van der Waals surface area contributed by atoms with Crippen LogP contribution in [0.4, 0.5) is 5.69 Å². The van der Waals surface area contributed by atoms with Gasteiger partial charge in [0.2, 0.25) is 5.82 Å². The summed E-state index contributed by atoms with van der Waals surface area (Å²) in [5.74, 6) is 0.394. The van der Waals surface area contributed by atoms with Crippen LogP contribution in [0.2, 0.25) is 5.02 Å². The van der Waals surface area contributed by atoms with Gasteiger partial charge in [-0.15, -0.1) is 10.2 Å². The number of aryl methyl sites for hydroxylation is 1. The number of aromatic nitrogens is 4. The highest BCUT2D eigenvalue weighted by atomic mass is 35.5. The van der Waals surface area contributed by atoms with Crippen molar-refractivity contribution < 1.29 is 8.42 Å². The number of tetrazole rings is 1. The van der Waals surface area contributed by atoms with Crippen molar-refractivity contribution >= 4 is 33.4 Å². The first-order valence-electron chi connectivity index (χ1n) is 10.3. The molecule has 0 aliphatic carbocycles. The largest absolute Gasteiger partial charge is 0.280 e. The molecule has 168 valence electrons. The summed E-state index contributed by atoms with van der Waals surface area (Å²) in [6.45, 7) is 2.47. The summed E-state index contributed by atoms with van der Waals surface area (Å²) in [7, 11) is -3.70. The molecule has 33 heavy (non-hydrogen) atoms. The maximum Gasteiger partial charge on any atom is 0.255 e. The van der Waals surface area contributed by atoms with Crippen LogP contribution in [-0.4, -0.2) is 28.6 Å². The Morgan fingerprint density at radius 3 is 2.61 bits per heavy atom. The van der Waals surface area contributed by atoms with Crippen LogP contribution < -0.4 is 4.72 Å². The molecule has 0 fully saturated rings. The first kappa shape index (κ1) is 22.7. The Morgan fingerprint density at radius 2 is 1.79 bits per heavy atom. The molecule has 1 N–H and O–H groups in total. The van der Waals surface area contributed by atoms with E-state index in [0.717, 1.165) is 28.5 Å². The first-order chi connectivity index (χ1) is 15.9. The van der Waals surface area contributed by atoms with Gasteiger partial charge < -0.3 is 0 Å². The zero-order valence-electron chi connectivity index (χ0n) is 17.9. The fraction of sp³-hybridized carbons (Fsp3) is 0.125. The molecular weight excluding hydrogens is 458 g/mol. The van der Waals surface area contributed by atoms with E-state index in [9.17, 15) is 8.42 Å². The Bertz CT molecular complexity index is 1400. The molecule has 0 bridgehead atoms. The Balaban J connectivity index is 1.47. The van der Waals surface area contributed by atoms with Crippen LogP contribution in [0.5, 0.6) is 0 Å². The molecule has 3 aromatic carbocycles. The molecule has 1 heterocycles. The minimum absolute atomic E-state index is 0.394. The Hall–Kier alpha value is -3.49. The van der Waals surface area contributed by atoms with Gasteiger partial charge in [0.1, 0.15) is 0 Å². The molecule has 0 radical (unpaired) electrons. The van der Waals surface area contributed by atoms with Gasteiger partial charge in [0.25, 0.3) is 10.0 Å². The van der Waals surface area contributed by atoms with Crippen LogP contribution in [0.1, 0.15) is 23.6 Å². The lowest BCUT2D eigenvalue weighted by atomic mass is 10.1. The van der Waals surface area contributed by atoms with Crippen molar-refractivity contribution in [2.75, 3.05) is 4.72 Å². The summed E-state index contributed by atoms with van der Waals surface area (Å²) in [6, 6.07) is 22.0. The minimum Gasteiger partial charge on any atom is -0.280 e.